The van der Waals surface area contributed by atoms with Crippen LogP contribution >= 0.6 is 11.3 Å². The van der Waals surface area contributed by atoms with Crippen molar-refractivity contribution in [2.24, 2.45) is 0 Å². The number of benzene rings is 1. The van der Waals surface area contributed by atoms with E-state index < -0.39 is 0 Å². The first-order chi connectivity index (χ1) is 12.0. The molecule has 5 nitrogen and oxygen atoms in total. The predicted octanol–water partition coefficient (Wildman–Crippen LogP) is 3.07. The summed E-state index contributed by atoms with van der Waals surface area (Å²) < 4.78 is 0. The molecule has 0 unspecified atom stereocenters. The molecule has 0 atom stereocenters. The van der Waals surface area contributed by atoms with E-state index in [4.69, 9.17) is 0 Å². The van der Waals surface area contributed by atoms with Crippen molar-refractivity contribution < 1.29 is 10.2 Å². The average Bonchev–Trinajstić information content (AvgIpc) is 2.90. The van der Waals surface area contributed by atoms with Crippen molar-refractivity contribution in [2.45, 2.75) is 20.8 Å². The zero-order valence-corrected chi connectivity index (χ0v) is 15.6. The van der Waals surface area contributed by atoms with E-state index in [1.165, 1.54) is 10.4 Å². The molecule has 1 aromatic carbocycles. The van der Waals surface area contributed by atoms with Crippen LogP contribution < -0.4 is 4.90 Å². The van der Waals surface area contributed by atoms with Gasteiger partial charge in [-0.1, -0.05) is 29.8 Å². The smallest absolute Gasteiger partial charge is 0.141 e. The van der Waals surface area contributed by atoms with E-state index in [-0.39, 0.29) is 13.2 Å². The molecule has 0 spiro atoms. The summed E-state index contributed by atoms with van der Waals surface area (Å²) in [5, 5.41) is 19.8. The van der Waals surface area contributed by atoms with Gasteiger partial charge in [-0.3, -0.25) is 0 Å². The van der Waals surface area contributed by atoms with Crippen LogP contribution in [-0.2, 0) is 0 Å². The maximum absolute atomic E-state index is 9.42. The van der Waals surface area contributed by atoms with E-state index in [1.807, 2.05) is 11.8 Å². The molecular weight excluding hydrogens is 334 g/mol. The van der Waals surface area contributed by atoms with Gasteiger partial charge in [0, 0.05) is 23.5 Å². The summed E-state index contributed by atoms with van der Waals surface area (Å²) in [4.78, 5) is 13.3. The molecule has 0 radical (unpaired) electrons. The second-order valence-electron chi connectivity index (χ2n) is 6.11. The first-order valence-corrected chi connectivity index (χ1v) is 9.18. The Bertz CT molecular complexity index is 869. The lowest BCUT2D eigenvalue weighted by Crippen LogP contribution is -2.30. The maximum atomic E-state index is 9.42. The molecule has 0 bridgehead atoms. The standard InChI is InChI=1S/C19H23N3O2S/c1-12-4-6-15(7-5-12)16-13(2)25-19-17(16)18(20-14(3)21-19)22(8-10-23)9-11-24/h4-7,23-24H,8-11H2,1-3H3. The van der Waals surface area contributed by atoms with Crippen molar-refractivity contribution in [2.75, 3.05) is 31.2 Å². The SMILES string of the molecule is Cc1ccc(-c2c(C)sc3nc(C)nc(N(CCO)CCO)c23)cc1. The topological polar surface area (TPSA) is 69.5 Å². The second-order valence-corrected chi connectivity index (χ2v) is 7.31. The number of aliphatic hydroxyl groups is 2. The van der Waals surface area contributed by atoms with E-state index in [2.05, 4.69) is 48.1 Å². The first-order valence-electron chi connectivity index (χ1n) is 8.36. The minimum absolute atomic E-state index is 0.00747. The highest BCUT2D eigenvalue weighted by Gasteiger charge is 2.21. The minimum Gasteiger partial charge on any atom is -0.395 e. The number of aromatic nitrogens is 2. The van der Waals surface area contributed by atoms with Gasteiger partial charge in [-0.15, -0.1) is 11.3 Å². The lowest BCUT2D eigenvalue weighted by atomic mass is 10.0. The zero-order chi connectivity index (χ0) is 18.0. The van der Waals surface area contributed by atoms with Gasteiger partial charge in [-0.25, -0.2) is 9.97 Å². The normalized spacial score (nSPS) is 11.2. The Morgan fingerprint density at radius 1 is 0.960 bits per heavy atom. The van der Waals surface area contributed by atoms with Crippen LogP contribution in [0.15, 0.2) is 24.3 Å². The van der Waals surface area contributed by atoms with Crippen molar-refractivity contribution in [1.29, 1.82) is 0 Å². The fourth-order valence-corrected chi connectivity index (χ4v) is 4.14. The lowest BCUT2D eigenvalue weighted by Gasteiger charge is -2.23. The quantitative estimate of drug-likeness (QED) is 0.709. The van der Waals surface area contributed by atoms with Gasteiger partial charge >= 0.3 is 0 Å². The molecule has 2 N–H and O–H groups in total. The fraction of sp³-hybridized carbons (Fsp3) is 0.368. The molecule has 0 saturated heterocycles. The Balaban J connectivity index is 2.27. The van der Waals surface area contributed by atoms with Gasteiger partial charge in [0.05, 0.1) is 18.6 Å². The molecule has 2 heterocycles. The molecule has 0 saturated carbocycles. The van der Waals surface area contributed by atoms with E-state index in [1.54, 1.807) is 11.3 Å². The van der Waals surface area contributed by atoms with Crippen LogP contribution in [0.2, 0.25) is 0 Å². The van der Waals surface area contributed by atoms with E-state index in [0.29, 0.717) is 18.9 Å². The fourth-order valence-electron chi connectivity index (χ4n) is 3.06. The van der Waals surface area contributed by atoms with Gasteiger partial charge in [0.1, 0.15) is 16.5 Å². The summed E-state index contributed by atoms with van der Waals surface area (Å²) in [5.41, 5.74) is 3.49. The van der Waals surface area contributed by atoms with Gasteiger partial charge < -0.3 is 15.1 Å². The van der Waals surface area contributed by atoms with Crippen LogP contribution in [0.3, 0.4) is 0 Å². The lowest BCUT2D eigenvalue weighted by molar-refractivity contribution is 0.281. The van der Waals surface area contributed by atoms with Crippen molar-refractivity contribution in [3.05, 3.63) is 40.5 Å². The van der Waals surface area contributed by atoms with Crippen LogP contribution in [0, 0.1) is 20.8 Å². The van der Waals surface area contributed by atoms with Crippen molar-refractivity contribution in [3.63, 3.8) is 0 Å². The molecule has 0 aliphatic carbocycles. The average molecular weight is 357 g/mol. The van der Waals surface area contributed by atoms with Crippen molar-refractivity contribution in [1.82, 2.24) is 9.97 Å². The van der Waals surface area contributed by atoms with Gasteiger partial charge in [0.25, 0.3) is 0 Å². The van der Waals surface area contributed by atoms with Crippen LogP contribution in [-0.4, -0.2) is 46.5 Å². The minimum atomic E-state index is 0.00747. The van der Waals surface area contributed by atoms with Crippen LogP contribution in [0.5, 0.6) is 0 Å². The van der Waals surface area contributed by atoms with Crippen LogP contribution in [0.25, 0.3) is 21.3 Å². The Kier molecular flexibility index (Phi) is 5.32. The van der Waals surface area contributed by atoms with Gasteiger partial charge in [0.2, 0.25) is 0 Å². The zero-order valence-electron chi connectivity index (χ0n) is 14.8. The third-order valence-corrected chi connectivity index (χ3v) is 5.20. The number of rotatable bonds is 6. The summed E-state index contributed by atoms with van der Waals surface area (Å²) >= 11 is 1.66. The largest absolute Gasteiger partial charge is 0.395 e. The molecule has 25 heavy (non-hydrogen) atoms. The number of aryl methyl sites for hydroxylation is 3. The molecule has 0 fully saturated rings. The number of hydrogen-bond donors (Lipinski definition) is 2. The van der Waals surface area contributed by atoms with Gasteiger partial charge in [-0.05, 0) is 26.3 Å². The highest BCUT2D eigenvalue weighted by atomic mass is 32.1. The maximum Gasteiger partial charge on any atom is 0.141 e. The molecule has 6 heteroatoms. The van der Waals surface area contributed by atoms with Gasteiger partial charge in [0.15, 0.2) is 0 Å². The van der Waals surface area contributed by atoms with Crippen LogP contribution in [0.1, 0.15) is 16.3 Å². The molecule has 3 aromatic rings. The van der Waals surface area contributed by atoms with Crippen molar-refractivity contribution in [3.8, 4) is 11.1 Å². The number of aliphatic hydroxyl groups excluding tert-OH is 2. The molecule has 0 aliphatic rings. The molecule has 132 valence electrons. The summed E-state index contributed by atoms with van der Waals surface area (Å²) in [6, 6.07) is 8.45. The third-order valence-electron chi connectivity index (χ3n) is 4.20. The molecular formula is C19H23N3O2S. The van der Waals surface area contributed by atoms with E-state index in [0.717, 1.165) is 27.2 Å². The second kappa shape index (κ2) is 7.47. The predicted molar refractivity (Wildman–Crippen MR) is 103 cm³/mol. The van der Waals surface area contributed by atoms with Crippen molar-refractivity contribution >= 4 is 27.4 Å². The number of hydrogen-bond acceptors (Lipinski definition) is 6. The highest BCUT2D eigenvalue weighted by Crippen LogP contribution is 2.41. The number of nitrogens with zero attached hydrogens (tertiary/aromatic N) is 3. The Morgan fingerprint density at radius 2 is 1.60 bits per heavy atom. The summed E-state index contributed by atoms with van der Waals surface area (Å²) in [6.45, 7) is 6.91. The Labute approximate surface area is 151 Å². The van der Waals surface area contributed by atoms with E-state index >= 15 is 0 Å². The molecule has 2 aromatic heterocycles. The van der Waals surface area contributed by atoms with E-state index in [9.17, 15) is 10.2 Å². The highest BCUT2D eigenvalue weighted by molar-refractivity contribution is 7.19. The Morgan fingerprint density at radius 3 is 2.20 bits per heavy atom. The first kappa shape index (κ1) is 17.8. The number of thiophene rings is 1. The third kappa shape index (κ3) is 3.51. The monoisotopic (exact) mass is 357 g/mol. The number of anilines is 1. The number of fused-ring (bicyclic) bond motifs is 1. The van der Waals surface area contributed by atoms with Gasteiger partial charge in [-0.2, -0.15) is 0 Å². The molecule has 0 amide bonds. The summed E-state index contributed by atoms with van der Waals surface area (Å²) in [7, 11) is 0. The summed E-state index contributed by atoms with van der Waals surface area (Å²) in [5.74, 6) is 1.48. The molecule has 3 rings (SSSR count). The van der Waals surface area contributed by atoms with Crippen LogP contribution in [0.4, 0.5) is 5.82 Å². The molecule has 0 aliphatic heterocycles. The Hall–Kier alpha value is -2.02. The summed E-state index contributed by atoms with van der Waals surface area (Å²) in [6.07, 6.45) is 0.